The smallest absolute Gasteiger partial charge is 0.0701 e. The van der Waals surface area contributed by atoms with Crippen LogP contribution in [0.5, 0.6) is 0 Å². The van der Waals surface area contributed by atoms with Gasteiger partial charge in [0.1, 0.15) is 0 Å². The Bertz CT molecular complexity index is 336. The molecule has 2 rings (SSSR count). The van der Waals surface area contributed by atoms with Crippen LogP contribution in [0.1, 0.15) is 31.6 Å². The van der Waals surface area contributed by atoms with Crippen LogP contribution in [0, 0.1) is 11.8 Å². The van der Waals surface area contributed by atoms with E-state index in [4.69, 9.17) is 0 Å². The van der Waals surface area contributed by atoms with Crippen molar-refractivity contribution >= 4 is 27.3 Å². The van der Waals surface area contributed by atoms with E-state index in [0.717, 1.165) is 18.4 Å². The lowest BCUT2D eigenvalue weighted by Gasteiger charge is -2.17. The monoisotopic (exact) mass is 301 g/mol. The fourth-order valence-electron chi connectivity index (χ4n) is 2.29. The second kappa shape index (κ2) is 5.65. The molecule has 1 nitrogen and oxygen atoms in total. The zero-order valence-electron chi connectivity index (χ0n) is 10.0. The van der Waals surface area contributed by atoms with E-state index in [1.807, 2.05) is 11.3 Å². The molecule has 3 atom stereocenters. The molecule has 0 amide bonds. The topological polar surface area (TPSA) is 12.0 Å². The molecule has 90 valence electrons. The molecule has 1 aliphatic carbocycles. The zero-order chi connectivity index (χ0) is 11.5. The highest BCUT2D eigenvalue weighted by Gasteiger charge is 2.39. The standard InChI is InChI=1S/C13H20BrNS/c1-3-6-15-12(11-7-9(11)2)8-10-4-5-13(14)16-10/h4-5,9,11-12,15H,3,6-8H2,1-2H3. The molecule has 1 aliphatic rings. The van der Waals surface area contributed by atoms with Crippen LogP contribution in [0.4, 0.5) is 0 Å². The number of hydrogen-bond donors (Lipinski definition) is 1. The summed E-state index contributed by atoms with van der Waals surface area (Å²) in [5.41, 5.74) is 0. The van der Waals surface area contributed by atoms with Gasteiger partial charge in [0.05, 0.1) is 3.79 Å². The number of rotatable bonds is 6. The predicted octanol–water partition coefficient (Wildman–Crippen LogP) is 4.08. The molecule has 0 spiro atoms. The van der Waals surface area contributed by atoms with Gasteiger partial charge in [0.25, 0.3) is 0 Å². The Labute approximate surface area is 111 Å². The van der Waals surface area contributed by atoms with Crippen molar-refractivity contribution in [2.75, 3.05) is 6.54 Å². The van der Waals surface area contributed by atoms with Crippen molar-refractivity contribution in [2.24, 2.45) is 11.8 Å². The molecule has 0 aromatic carbocycles. The summed E-state index contributed by atoms with van der Waals surface area (Å²) in [6, 6.07) is 5.11. The Kier molecular flexibility index (Phi) is 4.45. The summed E-state index contributed by atoms with van der Waals surface area (Å²) >= 11 is 5.41. The number of halogens is 1. The summed E-state index contributed by atoms with van der Waals surface area (Å²) < 4.78 is 1.25. The van der Waals surface area contributed by atoms with Gasteiger partial charge >= 0.3 is 0 Å². The lowest BCUT2D eigenvalue weighted by molar-refractivity contribution is 0.446. The molecule has 0 aliphatic heterocycles. The largest absolute Gasteiger partial charge is 0.313 e. The van der Waals surface area contributed by atoms with Crippen LogP contribution in [0.3, 0.4) is 0 Å². The van der Waals surface area contributed by atoms with Gasteiger partial charge in [-0.05, 0) is 65.7 Å². The Morgan fingerprint density at radius 3 is 2.81 bits per heavy atom. The van der Waals surface area contributed by atoms with Crippen LogP contribution < -0.4 is 5.32 Å². The van der Waals surface area contributed by atoms with Gasteiger partial charge in [-0.2, -0.15) is 0 Å². The highest BCUT2D eigenvalue weighted by molar-refractivity contribution is 9.11. The molecule has 3 heteroatoms. The van der Waals surface area contributed by atoms with Crippen LogP contribution in [0.15, 0.2) is 15.9 Å². The average Bonchev–Trinajstić information content (AvgIpc) is 2.83. The van der Waals surface area contributed by atoms with E-state index in [0.29, 0.717) is 6.04 Å². The molecular formula is C13H20BrNS. The van der Waals surface area contributed by atoms with Crippen molar-refractivity contribution in [1.82, 2.24) is 5.32 Å². The van der Waals surface area contributed by atoms with Gasteiger partial charge in [-0.15, -0.1) is 11.3 Å². The minimum absolute atomic E-state index is 0.695. The Morgan fingerprint density at radius 2 is 2.31 bits per heavy atom. The minimum atomic E-state index is 0.695. The molecule has 16 heavy (non-hydrogen) atoms. The molecule has 1 N–H and O–H groups in total. The molecule has 1 saturated carbocycles. The molecule has 0 saturated heterocycles. The Morgan fingerprint density at radius 1 is 1.56 bits per heavy atom. The van der Waals surface area contributed by atoms with Crippen LogP contribution in [0.2, 0.25) is 0 Å². The van der Waals surface area contributed by atoms with E-state index in [1.165, 1.54) is 27.9 Å². The number of thiophene rings is 1. The highest BCUT2D eigenvalue weighted by atomic mass is 79.9. The maximum Gasteiger partial charge on any atom is 0.0701 e. The summed E-state index contributed by atoms with van der Waals surface area (Å²) in [5, 5.41) is 3.71. The summed E-state index contributed by atoms with van der Waals surface area (Å²) in [6.45, 7) is 5.76. The average molecular weight is 302 g/mol. The maximum absolute atomic E-state index is 3.71. The maximum atomic E-state index is 3.71. The van der Waals surface area contributed by atoms with E-state index in [9.17, 15) is 0 Å². The second-order valence-corrected chi connectivity index (χ2v) is 7.39. The third-order valence-electron chi connectivity index (χ3n) is 3.40. The van der Waals surface area contributed by atoms with Crippen LogP contribution in [-0.2, 0) is 6.42 Å². The van der Waals surface area contributed by atoms with E-state index in [-0.39, 0.29) is 0 Å². The van der Waals surface area contributed by atoms with E-state index >= 15 is 0 Å². The van der Waals surface area contributed by atoms with Crippen molar-refractivity contribution in [2.45, 2.75) is 39.2 Å². The summed E-state index contributed by atoms with van der Waals surface area (Å²) in [6.07, 6.45) is 3.84. The first-order valence-corrected chi connectivity index (χ1v) is 7.79. The van der Waals surface area contributed by atoms with E-state index < -0.39 is 0 Å². The number of hydrogen-bond acceptors (Lipinski definition) is 2. The summed E-state index contributed by atoms with van der Waals surface area (Å²) in [7, 11) is 0. The first-order chi connectivity index (χ1) is 7.70. The van der Waals surface area contributed by atoms with Gasteiger partial charge in [0, 0.05) is 10.9 Å². The SMILES string of the molecule is CCCNC(Cc1ccc(Br)s1)C1CC1C. The van der Waals surface area contributed by atoms with Crippen molar-refractivity contribution in [3.05, 3.63) is 20.8 Å². The van der Waals surface area contributed by atoms with Crippen LogP contribution >= 0.6 is 27.3 Å². The third kappa shape index (κ3) is 3.31. The van der Waals surface area contributed by atoms with Gasteiger partial charge in [-0.1, -0.05) is 13.8 Å². The molecule has 1 heterocycles. The molecule has 1 fully saturated rings. The Hall–Kier alpha value is 0.140. The van der Waals surface area contributed by atoms with Gasteiger partial charge in [0.15, 0.2) is 0 Å². The fraction of sp³-hybridized carbons (Fsp3) is 0.692. The van der Waals surface area contributed by atoms with Gasteiger partial charge in [0.2, 0.25) is 0 Å². The molecular weight excluding hydrogens is 282 g/mol. The molecule has 0 bridgehead atoms. The lowest BCUT2D eigenvalue weighted by Crippen LogP contribution is -2.34. The van der Waals surface area contributed by atoms with Crippen molar-refractivity contribution in [3.63, 3.8) is 0 Å². The molecule has 0 radical (unpaired) electrons. The fourth-order valence-corrected chi connectivity index (χ4v) is 3.84. The highest BCUT2D eigenvalue weighted by Crippen LogP contribution is 2.42. The van der Waals surface area contributed by atoms with Crippen molar-refractivity contribution in [3.8, 4) is 0 Å². The molecule has 3 unspecified atom stereocenters. The first kappa shape index (κ1) is 12.6. The quantitative estimate of drug-likeness (QED) is 0.835. The van der Waals surface area contributed by atoms with Crippen LogP contribution in [-0.4, -0.2) is 12.6 Å². The van der Waals surface area contributed by atoms with Gasteiger partial charge in [-0.3, -0.25) is 0 Å². The van der Waals surface area contributed by atoms with Gasteiger partial charge in [-0.25, -0.2) is 0 Å². The molecule has 1 aromatic rings. The lowest BCUT2D eigenvalue weighted by atomic mass is 10.1. The first-order valence-electron chi connectivity index (χ1n) is 6.18. The van der Waals surface area contributed by atoms with E-state index in [1.54, 1.807) is 0 Å². The number of nitrogens with one attached hydrogen (secondary N) is 1. The third-order valence-corrected chi connectivity index (χ3v) is 5.04. The normalized spacial score (nSPS) is 25.7. The molecule has 1 aromatic heterocycles. The zero-order valence-corrected chi connectivity index (χ0v) is 12.4. The summed E-state index contributed by atoms with van der Waals surface area (Å²) in [5.74, 6) is 1.84. The van der Waals surface area contributed by atoms with Crippen molar-refractivity contribution in [1.29, 1.82) is 0 Å². The summed E-state index contributed by atoms with van der Waals surface area (Å²) in [4.78, 5) is 1.50. The van der Waals surface area contributed by atoms with Gasteiger partial charge < -0.3 is 5.32 Å². The Balaban J connectivity index is 1.91. The van der Waals surface area contributed by atoms with Crippen molar-refractivity contribution < 1.29 is 0 Å². The van der Waals surface area contributed by atoms with Crippen LogP contribution in [0.25, 0.3) is 0 Å². The minimum Gasteiger partial charge on any atom is -0.313 e. The second-order valence-electron chi connectivity index (χ2n) is 4.85. The predicted molar refractivity (Wildman–Crippen MR) is 75.1 cm³/mol. The van der Waals surface area contributed by atoms with E-state index in [2.05, 4.69) is 47.2 Å².